The Morgan fingerprint density at radius 3 is 2.77 bits per heavy atom. The molecule has 0 atom stereocenters. The first-order chi connectivity index (χ1) is 12.5. The Labute approximate surface area is 150 Å². The van der Waals surface area contributed by atoms with Gasteiger partial charge in [0.05, 0.1) is 6.33 Å². The van der Waals surface area contributed by atoms with Crippen molar-refractivity contribution < 1.29 is 14.1 Å². The van der Waals surface area contributed by atoms with Crippen molar-refractivity contribution in [3.05, 3.63) is 60.0 Å². The van der Waals surface area contributed by atoms with Crippen LogP contribution in [0.2, 0.25) is 0 Å². The van der Waals surface area contributed by atoms with Crippen molar-refractivity contribution in [3.63, 3.8) is 0 Å². The fourth-order valence-electron chi connectivity index (χ4n) is 2.46. The predicted molar refractivity (Wildman–Crippen MR) is 95.8 cm³/mol. The van der Waals surface area contributed by atoms with E-state index in [-0.39, 0.29) is 11.8 Å². The molecule has 0 radical (unpaired) electrons. The van der Waals surface area contributed by atoms with Gasteiger partial charge in [0, 0.05) is 36.6 Å². The van der Waals surface area contributed by atoms with Gasteiger partial charge in [-0.05, 0) is 32.0 Å². The average Bonchev–Trinajstić information content (AvgIpc) is 3.25. The zero-order valence-corrected chi connectivity index (χ0v) is 14.5. The highest BCUT2D eigenvalue weighted by Crippen LogP contribution is 2.20. The molecule has 0 aliphatic carbocycles. The zero-order valence-electron chi connectivity index (χ0n) is 14.5. The lowest BCUT2D eigenvalue weighted by Gasteiger charge is -2.08. The molecule has 0 saturated carbocycles. The fraction of sp³-hybridized carbons (Fsp3) is 0.222. The normalized spacial score (nSPS) is 10.5. The minimum Gasteiger partial charge on any atom is -0.359 e. The lowest BCUT2D eigenvalue weighted by molar-refractivity contribution is -0.116. The van der Waals surface area contributed by atoms with E-state index in [0.717, 1.165) is 0 Å². The van der Waals surface area contributed by atoms with Gasteiger partial charge in [0.25, 0.3) is 5.91 Å². The van der Waals surface area contributed by atoms with Gasteiger partial charge in [-0.15, -0.1) is 0 Å². The molecule has 0 unspecified atom stereocenters. The first-order valence-electron chi connectivity index (χ1n) is 8.13. The van der Waals surface area contributed by atoms with Crippen molar-refractivity contribution in [3.8, 4) is 0 Å². The Morgan fingerprint density at radius 2 is 2.08 bits per heavy atom. The maximum atomic E-state index is 12.4. The van der Waals surface area contributed by atoms with Crippen LogP contribution >= 0.6 is 0 Å². The number of carbonyl (C=O) groups excluding carboxylic acids is 2. The highest BCUT2D eigenvalue weighted by Gasteiger charge is 2.14. The van der Waals surface area contributed by atoms with E-state index < -0.39 is 0 Å². The molecule has 26 heavy (non-hydrogen) atoms. The summed E-state index contributed by atoms with van der Waals surface area (Å²) in [5.41, 5.74) is 2.16. The van der Waals surface area contributed by atoms with Crippen LogP contribution in [0, 0.1) is 13.8 Å². The van der Waals surface area contributed by atoms with Crippen LogP contribution in [0.4, 0.5) is 11.4 Å². The number of hydrogen-bond donors (Lipinski definition) is 2. The predicted octanol–water partition coefficient (Wildman–Crippen LogP) is 2.77. The maximum absolute atomic E-state index is 12.4. The molecule has 3 aromatic rings. The lowest BCUT2D eigenvalue weighted by atomic mass is 10.1. The number of nitrogens with one attached hydrogen (secondary N) is 2. The first kappa shape index (κ1) is 17.4. The van der Waals surface area contributed by atoms with Crippen molar-refractivity contribution in [1.82, 2.24) is 14.7 Å². The molecule has 8 heteroatoms. The highest BCUT2D eigenvalue weighted by atomic mass is 16.5. The summed E-state index contributed by atoms with van der Waals surface area (Å²) in [5.74, 6) is 0.107. The Kier molecular flexibility index (Phi) is 5.12. The lowest BCUT2D eigenvalue weighted by Crippen LogP contribution is -2.16. The standard InChI is InChI=1S/C18H19N5O3/c1-12-17(13(2)26-22-12)21-18(25)14-4-3-5-15(10-14)20-16(24)6-8-23-9-7-19-11-23/h3-5,7,9-11H,6,8H2,1-2H3,(H,20,24)(H,21,25). The topological polar surface area (TPSA) is 102 Å². The molecule has 2 aromatic heterocycles. The molecule has 0 saturated heterocycles. The van der Waals surface area contributed by atoms with E-state index in [2.05, 4.69) is 20.8 Å². The second kappa shape index (κ2) is 7.64. The molecule has 0 aliphatic heterocycles. The van der Waals surface area contributed by atoms with Crippen LogP contribution in [-0.2, 0) is 11.3 Å². The van der Waals surface area contributed by atoms with E-state index in [1.165, 1.54) is 0 Å². The summed E-state index contributed by atoms with van der Waals surface area (Å²) in [4.78, 5) is 28.4. The number of imidazole rings is 1. The van der Waals surface area contributed by atoms with Crippen molar-refractivity contribution in [1.29, 1.82) is 0 Å². The Bertz CT molecular complexity index is 895. The monoisotopic (exact) mass is 353 g/mol. The molecule has 2 heterocycles. The molecule has 8 nitrogen and oxygen atoms in total. The molecule has 0 aliphatic rings. The van der Waals surface area contributed by atoms with Crippen LogP contribution in [0.15, 0.2) is 47.5 Å². The number of benzene rings is 1. The van der Waals surface area contributed by atoms with E-state index in [1.807, 2.05) is 4.57 Å². The maximum Gasteiger partial charge on any atom is 0.255 e. The summed E-state index contributed by atoms with van der Waals surface area (Å²) < 4.78 is 6.86. The van der Waals surface area contributed by atoms with Crippen LogP contribution < -0.4 is 10.6 Å². The quantitative estimate of drug-likeness (QED) is 0.709. The second-order valence-electron chi connectivity index (χ2n) is 5.83. The van der Waals surface area contributed by atoms with E-state index >= 15 is 0 Å². The van der Waals surface area contributed by atoms with E-state index in [9.17, 15) is 9.59 Å². The summed E-state index contributed by atoms with van der Waals surface area (Å²) in [6, 6.07) is 6.76. The second-order valence-corrected chi connectivity index (χ2v) is 5.83. The van der Waals surface area contributed by atoms with Crippen LogP contribution in [0.5, 0.6) is 0 Å². The number of nitrogens with zero attached hydrogens (tertiary/aromatic N) is 3. The Balaban J connectivity index is 1.62. The average molecular weight is 353 g/mol. The highest BCUT2D eigenvalue weighted by molar-refractivity contribution is 6.05. The van der Waals surface area contributed by atoms with Crippen LogP contribution in [0.3, 0.4) is 0 Å². The third kappa shape index (κ3) is 4.15. The smallest absolute Gasteiger partial charge is 0.255 e. The molecule has 134 valence electrons. The van der Waals surface area contributed by atoms with Crippen molar-refractivity contribution in [2.45, 2.75) is 26.8 Å². The molecule has 0 fully saturated rings. The van der Waals surface area contributed by atoms with E-state index in [0.29, 0.717) is 41.4 Å². The van der Waals surface area contributed by atoms with Gasteiger partial charge in [0.15, 0.2) is 5.76 Å². The Hall–Kier alpha value is -3.42. The summed E-state index contributed by atoms with van der Waals surface area (Å²) in [7, 11) is 0. The number of aryl methyl sites for hydroxylation is 3. The van der Waals surface area contributed by atoms with Crippen molar-refractivity contribution >= 4 is 23.2 Å². The van der Waals surface area contributed by atoms with Crippen LogP contribution in [0.25, 0.3) is 0 Å². The van der Waals surface area contributed by atoms with Gasteiger partial charge < -0.3 is 19.7 Å². The minimum atomic E-state index is -0.297. The van der Waals surface area contributed by atoms with Crippen LogP contribution in [0.1, 0.15) is 28.2 Å². The van der Waals surface area contributed by atoms with Gasteiger partial charge in [-0.25, -0.2) is 4.98 Å². The number of anilines is 2. The van der Waals surface area contributed by atoms with Gasteiger partial charge in [-0.2, -0.15) is 0 Å². The van der Waals surface area contributed by atoms with Gasteiger partial charge in [0.2, 0.25) is 5.91 Å². The zero-order chi connectivity index (χ0) is 18.5. The van der Waals surface area contributed by atoms with Crippen molar-refractivity contribution in [2.75, 3.05) is 10.6 Å². The van der Waals surface area contributed by atoms with Crippen molar-refractivity contribution in [2.24, 2.45) is 0 Å². The largest absolute Gasteiger partial charge is 0.359 e. The first-order valence-corrected chi connectivity index (χ1v) is 8.13. The Morgan fingerprint density at radius 1 is 1.23 bits per heavy atom. The molecular weight excluding hydrogens is 334 g/mol. The van der Waals surface area contributed by atoms with Crippen LogP contribution in [-0.4, -0.2) is 26.5 Å². The summed E-state index contributed by atoms with van der Waals surface area (Å²) in [6.45, 7) is 4.02. The van der Waals surface area contributed by atoms with Gasteiger partial charge in [-0.3, -0.25) is 9.59 Å². The number of amides is 2. The third-order valence-corrected chi connectivity index (χ3v) is 3.84. The molecule has 3 rings (SSSR count). The summed E-state index contributed by atoms with van der Waals surface area (Å²) >= 11 is 0. The van der Waals surface area contributed by atoms with Gasteiger partial charge in [-0.1, -0.05) is 11.2 Å². The van der Waals surface area contributed by atoms with E-state index in [4.69, 9.17) is 4.52 Å². The molecule has 2 N–H and O–H groups in total. The molecule has 0 spiro atoms. The molecule has 2 amide bonds. The summed E-state index contributed by atoms with van der Waals surface area (Å²) in [5, 5.41) is 9.39. The summed E-state index contributed by atoms with van der Waals surface area (Å²) in [6.07, 6.45) is 5.44. The number of aromatic nitrogens is 3. The number of rotatable bonds is 6. The molecular formula is C18H19N5O3. The SMILES string of the molecule is Cc1noc(C)c1NC(=O)c1cccc(NC(=O)CCn2ccnc2)c1. The van der Waals surface area contributed by atoms with Gasteiger partial charge in [0.1, 0.15) is 11.4 Å². The van der Waals surface area contributed by atoms with E-state index in [1.54, 1.807) is 56.8 Å². The third-order valence-electron chi connectivity index (χ3n) is 3.84. The number of carbonyl (C=O) groups is 2. The number of hydrogen-bond acceptors (Lipinski definition) is 5. The fourth-order valence-corrected chi connectivity index (χ4v) is 2.46. The van der Waals surface area contributed by atoms with Gasteiger partial charge >= 0.3 is 0 Å². The molecule has 1 aromatic carbocycles. The minimum absolute atomic E-state index is 0.137. The molecule has 0 bridgehead atoms.